The molecule has 2 amide bonds. The molecule has 0 fully saturated rings. The number of hydrogen-bond acceptors (Lipinski definition) is 3. The first-order valence-corrected chi connectivity index (χ1v) is 8.16. The normalized spacial score (nSPS) is 10.3. The van der Waals surface area contributed by atoms with Gasteiger partial charge in [-0.25, -0.2) is 10.3 Å². The second-order valence-corrected chi connectivity index (χ2v) is 5.33. The molecule has 0 atom stereocenters. The number of hydrogen-bond donors (Lipinski definition) is 2. The summed E-state index contributed by atoms with van der Waals surface area (Å²) in [6.45, 7) is 2.21. The monoisotopic (exact) mass is 328 g/mol. The van der Waals surface area contributed by atoms with Crippen molar-refractivity contribution in [2.45, 2.75) is 19.4 Å². The summed E-state index contributed by atoms with van der Waals surface area (Å²) in [5.41, 5.74) is 4.64. The molecular formula is C19H24N2O3. The lowest BCUT2D eigenvalue weighted by Gasteiger charge is -2.08. The molecule has 0 heterocycles. The number of hydroxylamine groups is 1. The van der Waals surface area contributed by atoms with E-state index in [1.54, 1.807) is 0 Å². The quantitative estimate of drug-likeness (QED) is 0.520. The molecule has 0 unspecified atom stereocenters. The van der Waals surface area contributed by atoms with E-state index < -0.39 is 0 Å². The lowest BCUT2D eigenvalue weighted by molar-refractivity contribution is 0.0488. The van der Waals surface area contributed by atoms with Crippen LogP contribution in [0.5, 0.6) is 0 Å². The molecule has 0 spiro atoms. The molecule has 0 bridgehead atoms. The average molecular weight is 328 g/mol. The number of benzene rings is 2. The second kappa shape index (κ2) is 11.2. The van der Waals surface area contributed by atoms with Crippen LogP contribution in [0.4, 0.5) is 4.79 Å². The Balaban J connectivity index is 1.42. The molecule has 0 aromatic heterocycles. The van der Waals surface area contributed by atoms with Gasteiger partial charge < -0.3 is 10.1 Å². The number of carbonyl (C=O) groups is 1. The topological polar surface area (TPSA) is 59.6 Å². The predicted octanol–water partition coefficient (Wildman–Crippen LogP) is 3.07. The van der Waals surface area contributed by atoms with Crippen LogP contribution in [0.25, 0.3) is 0 Å². The molecule has 2 aromatic carbocycles. The molecule has 0 radical (unpaired) electrons. The first-order valence-electron chi connectivity index (χ1n) is 8.16. The number of urea groups is 1. The van der Waals surface area contributed by atoms with Gasteiger partial charge in [-0.05, 0) is 24.0 Å². The predicted molar refractivity (Wildman–Crippen MR) is 93.3 cm³/mol. The van der Waals surface area contributed by atoms with Gasteiger partial charge >= 0.3 is 6.03 Å². The van der Waals surface area contributed by atoms with Gasteiger partial charge in [-0.3, -0.25) is 4.84 Å². The summed E-state index contributed by atoms with van der Waals surface area (Å²) in [6.07, 6.45) is 1.67. The van der Waals surface area contributed by atoms with Gasteiger partial charge in [0.25, 0.3) is 0 Å². The van der Waals surface area contributed by atoms with Crippen molar-refractivity contribution < 1.29 is 14.4 Å². The van der Waals surface area contributed by atoms with Crippen molar-refractivity contribution in [1.29, 1.82) is 0 Å². The molecule has 0 saturated heterocycles. The Bertz CT molecular complexity index is 576. The fourth-order valence-electron chi connectivity index (χ4n) is 2.11. The van der Waals surface area contributed by atoms with E-state index >= 15 is 0 Å². The van der Waals surface area contributed by atoms with E-state index in [2.05, 4.69) is 22.9 Å². The number of ether oxygens (including phenoxy) is 1. The zero-order valence-corrected chi connectivity index (χ0v) is 13.7. The van der Waals surface area contributed by atoms with E-state index in [0.717, 1.165) is 18.4 Å². The van der Waals surface area contributed by atoms with Crippen LogP contribution in [0.1, 0.15) is 17.5 Å². The highest BCUT2D eigenvalue weighted by Gasteiger charge is 2.00. The molecule has 2 rings (SSSR count). The molecule has 5 heteroatoms. The van der Waals surface area contributed by atoms with E-state index in [1.165, 1.54) is 5.56 Å². The van der Waals surface area contributed by atoms with E-state index in [1.807, 2.05) is 48.5 Å². The van der Waals surface area contributed by atoms with Crippen molar-refractivity contribution in [3.05, 3.63) is 71.8 Å². The molecule has 0 aliphatic heterocycles. The first-order chi connectivity index (χ1) is 11.8. The number of amides is 2. The zero-order valence-electron chi connectivity index (χ0n) is 13.7. The molecule has 2 aromatic rings. The van der Waals surface area contributed by atoms with Gasteiger partial charge in [0.2, 0.25) is 0 Å². The van der Waals surface area contributed by atoms with E-state index in [9.17, 15) is 4.79 Å². The van der Waals surface area contributed by atoms with Crippen LogP contribution in [0.2, 0.25) is 0 Å². The van der Waals surface area contributed by atoms with Gasteiger partial charge in [-0.15, -0.1) is 0 Å². The van der Waals surface area contributed by atoms with Crippen molar-refractivity contribution in [2.24, 2.45) is 0 Å². The summed E-state index contributed by atoms with van der Waals surface area (Å²) >= 11 is 0. The summed E-state index contributed by atoms with van der Waals surface area (Å²) in [5, 5.41) is 2.72. The molecule has 0 saturated carbocycles. The molecule has 0 aliphatic rings. The Morgan fingerprint density at radius 3 is 2.25 bits per heavy atom. The maximum atomic E-state index is 11.5. The number of carbonyl (C=O) groups excluding carboxylic acids is 1. The Morgan fingerprint density at radius 1 is 0.875 bits per heavy atom. The van der Waals surface area contributed by atoms with E-state index in [-0.39, 0.29) is 6.03 Å². The Hall–Kier alpha value is -2.37. The van der Waals surface area contributed by atoms with Gasteiger partial charge in [0, 0.05) is 13.2 Å². The third-order valence-corrected chi connectivity index (χ3v) is 3.38. The van der Waals surface area contributed by atoms with Crippen LogP contribution in [0.3, 0.4) is 0 Å². The van der Waals surface area contributed by atoms with Crippen LogP contribution in [-0.2, 0) is 22.6 Å². The number of rotatable bonds is 10. The highest BCUT2D eigenvalue weighted by Crippen LogP contribution is 2.00. The minimum absolute atomic E-state index is 0.338. The molecule has 5 nitrogen and oxygen atoms in total. The standard InChI is InChI=1S/C19H24N2O3/c22-19(21-24-16-18-10-5-2-6-11-18)20-13-7-14-23-15-12-17-8-3-1-4-9-17/h1-6,8-11H,7,12-16H2,(H2,20,21,22). The maximum Gasteiger partial charge on any atom is 0.338 e. The average Bonchev–Trinajstić information content (AvgIpc) is 2.63. The highest BCUT2D eigenvalue weighted by molar-refractivity contribution is 5.72. The summed E-state index contributed by atoms with van der Waals surface area (Å²) in [4.78, 5) is 16.7. The zero-order chi connectivity index (χ0) is 16.9. The lowest BCUT2D eigenvalue weighted by Crippen LogP contribution is -2.36. The molecule has 2 N–H and O–H groups in total. The summed E-state index contributed by atoms with van der Waals surface area (Å²) in [7, 11) is 0. The van der Waals surface area contributed by atoms with E-state index in [4.69, 9.17) is 9.57 Å². The highest BCUT2D eigenvalue weighted by atomic mass is 16.7. The van der Waals surface area contributed by atoms with Crippen molar-refractivity contribution in [1.82, 2.24) is 10.8 Å². The smallest absolute Gasteiger partial charge is 0.338 e. The third kappa shape index (κ3) is 7.76. The van der Waals surface area contributed by atoms with Gasteiger partial charge in [0.05, 0.1) is 13.2 Å². The minimum Gasteiger partial charge on any atom is -0.381 e. The Labute approximate surface area is 142 Å². The van der Waals surface area contributed by atoms with Crippen LogP contribution >= 0.6 is 0 Å². The van der Waals surface area contributed by atoms with Crippen molar-refractivity contribution in [2.75, 3.05) is 19.8 Å². The van der Waals surface area contributed by atoms with Crippen LogP contribution < -0.4 is 10.8 Å². The van der Waals surface area contributed by atoms with Gasteiger partial charge in [0.15, 0.2) is 0 Å². The largest absolute Gasteiger partial charge is 0.381 e. The van der Waals surface area contributed by atoms with E-state index in [0.29, 0.717) is 26.4 Å². The number of nitrogens with one attached hydrogen (secondary N) is 2. The summed E-state index contributed by atoms with van der Waals surface area (Å²) < 4.78 is 5.56. The minimum atomic E-state index is -0.338. The molecule has 128 valence electrons. The van der Waals surface area contributed by atoms with Crippen molar-refractivity contribution in [3.8, 4) is 0 Å². The second-order valence-electron chi connectivity index (χ2n) is 5.33. The maximum absolute atomic E-state index is 11.5. The Morgan fingerprint density at radius 2 is 1.54 bits per heavy atom. The molecular weight excluding hydrogens is 304 g/mol. The third-order valence-electron chi connectivity index (χ3n) is 3.38. The van der Waals surface area contributed by atoms with Crippen molar-refractivity contribution in [3.63, 3.8) is 0 Å². The van der Waals surface area contributed by atoms with Crippen LogP contribution in [0.15, 0.2) is 60.7 Å². The van der Waals surface area contributed by atoms with Crippen LogP contribution in [-0.4, -0.2) is 25.8 Å². The van der Waals surface area contributed by atoms with Crippen LogP contribution in [0, 0.1) is 0 Å². The van der Waals surface area contributed by atoms with Crippen molar-refractivity contribution >= 4 is 6.03 Å². The fourth-order valence-corrected chi connectivity index (χ4v) is 2.11. The molecule has 0 aliphatic carbocycles. The van der Waals surface area contributed by atoms with Gasteiger partial charge in [-0.2, -0.15) is 0 Å². The van der Waals surface area contributed by atoms with Gasteiger partial charge in [0.1, 0.15) is 0 Å². The van der Waals surface area contributed by atoms with Gasteiger partial charge in [-0.1, -0.05) is 60.7 Å². The summed E-state index contributed by atoms with van der Waals surface area (Å²) in [6, 6.07) is 19.6. The SMILES string of the molecule is O=C(NCCCOCCc1ccccc1)NOCc1ccccc1. The fraction of sp³-hybridized carbons (Fsp3) is 0.316. The Kier molecular flexibility index (Phi) is 8.40. The first kappa shape index (κ1) is 18.0. The molecule has 24 heavy (non-hydrogen) atoms. The summed E-state index contributed by atoms with van der Waals surface area (Å²) in [5.74, 6) is 0. The lowest BCUT2D eigenvalue weighted by atomic mass is 10.2.